The Kier molecular flexibility index (Phi) is 7.99. The van der Waals surface area contributed by atoms with Gasteiger partial charge in [0.2, 0.25) is 0 Å². The van der Waals surface area contributed by atoms with Gasteiger partial charge in [-0.25, -0.2) is 0 Å². The van der Waals surface area contributed by atoms with E-state index in [0.29, 0.717) is 18.2 Å². The molecule has 0 aliphatic carbocycles. The fourth-order valence-corrected chi connectivity index (χ4v) is 2.17. The number of aryl methyl sites for hydroxylation is 2. The number of amides is 1. The first kappa shape index (κ1) is 18.2. The molecule has 6 heteroatoms. The van der Waals surface area contributed by atoms with Crippen molar-refractivity contribution in [3.05, 3.63) is 29.1 Å². The Hall–Kier alpha value is -0.840. The van der Waals surface area contributed by atoms with Crippen LogP contribution in [0.1, 0.15) is 34.6 Å². The SMILES string of the molecule is Cc1ccc(C(=O)NCC2CCCN2)c(C)n1.Cl.Cl. The van der Waals surface area contributed by atoms with E-state index >= 15 is 0 Å². The van der Waals surface area contributed by atoms with Crippen LogP contribution in [0.4, 0.5) is 0 Å². The summed E-state index contributed by atoms with van der Waals surface area (Å²) in [4.78, 5) is 16.3. The average molecular weight is 306 g/mol. The number of carbonyl (C=O) groups is 1. The molecule has 2 N–H and O–H groups in total. The van der Waals surface area contributed by atoms with Crippen LogP contribution in [0.15, 0.2) is 12.1 Å². The minimum Gasteiger partial charge on any atom is -0.350 e. The van der Waals surface area contributed by atoms with Gasteiger partial charge < -0.3 is 10.6 Å². The predicted octanol–water partition coefficient (Wildman–Crippen LogP) is 2.02. The molecule has 1 aliphatic heterocycles. The van der Waals surface area contributed by atoms with Crippen molar-refractivity contribution in [2.24, 2.45) is 0 Å². The molecule has 0 aromatic carbocycles. The van der Waals surface area contributed by atoms with E-state index in [0.717, 1.165) is 24.4 Å². The first-order valence-electron chi connectivity index (χ1n) is 6.12. The second-order valence-electron chi connectivity index (χ2n) is 4.59. The quantitative estimate of drug-likeness (QED) is 0.898. The number of nitrogens with one attached hydrogen (secondary N) is 2. The first-order valence-corrected chi connectivity index (χ1v) is 6.12. The normalized spacial score (nSPS) is 17.3. The first-order chi connectivity index (χ1) is 8.16. The maximum Gasteiger partial charge on any atom is 0.253 e. The van der Waals surface area contributed by atoms with Crippen LogP contribution in [0.3, 0.4) is 0 Å². The summed E-state index contributed by atoms with van der Waals surface area (Å²) in [6.45, 7) is 5.56. The summed E-state index contributed by atoms with van der Waals surface area (Å²) in [5.41, 5.74) is 2.41. The van der Waals surface area contributed by atoms with Crippen molar-refractivity contribution < 1.29 is 4.79 Å². The van der Waals surface area contributed by atoms with Crippen LogP contribution in [0.5, 0.6) is 0 Å². The van der Waals surface area contributed by atoms with Gasteiger partial charge in [-0.1, -0.05) is 0 Å². The second-order valence-corrected chi connectivity index (χ2v) is 4.59. The molecule has 108 valence electrons. The molecule has 0 saturated carbocycles. The van der Waals surface area contributed by atoms with E-state index in [1.165, 1.54) is 6.42 Å². The number of pyridine rings is 1. The molecule has 2 rings (SSSR count). The maximum atomic E-state index is 12.0. The van der Waals surface area contributed by atoms with E-state index in [2.05, 4.69) is 15.6 Å². The second kappa shape index (κ2) is 8.35. The lowest BCUT2D eigenvalue weighted by Gasteiger charge is -2.12. The number of hydrogen-bond donors (Lipinski definition) is 2. The molecule has 4 nitrogen and oxygen atoms in total. The number of hydrogen-bond acceptors (Lipinski definition) is 3. The summed E-state index contributed by atoms with van der Waals surface area (Å²) in [5.74, 6) is -0.0244. The minimum absolute atomic E-state index is 0. The molecule has 0 bridgehead atoms. The Labute approximate surface area is 126 Å². The van der Waals surface area contributed by atoms with E-state index in [9.17, 15) is 4.79 Å². The molecule has 1 saturated heterocycles. The lowest BCUT2D eigenvalue weighted by Crippen LogP contribution is -2.37. The Morgan fingerprint density at radius 1 is 1.42 bits per heavy atom. The Bertz CT molecular complexity index is 420. The van der Waals surface area contributed by atoms with E-state index in [1.54, 1.807) is 0 Å². The van der Waals surface area contributed by atoms with Crippen molar-refractivity contribution in [3.8, 4) is 0 Å². The molecule has 19 heavy (non-hydrogen) atoms. The molecule has 2 heterocycles. The molecule has 1 aromatic heterocycles. The predicted molar refractivity (Wildman–Crippen MR) is 81.6 cm³/mol. The summed E-state index contributed by atoms with van der Waals surface area (Å²) in [5, 5.41) is 6.32. The van der Waals surface area contributed by atoms with Crippen molar-refractivity contribution >= 4 is 30.7 Å². The van der Waals surface area contributed by atoms with Crippen LogP contribution in [-0.2, 0) is 0 Å². The fourth-order valence-electron chi connectivity index (χ4n) is 2.17. The average Bonchev–Trinajstić information content (AvgIpc) is 2.78. The molecule has 1 fully saturated rings. The molecule has 1 aliphatic rings. The van der Waals surface area contributed by atoms with Gasteiger partial charge in [0.1, 0.15) is 0 Å². The topological polar surface area (TPSA) is 54.0 Å². The number of halogens is 2. The zero-order chi connectivity index (χ0) is 12.3. The van der Waals surface area contributed by atoms with Gasteiger partial charge in [-0.2, -0.15) is 0 Å². The Balaban J connectivity index is 0.00000162. The summed E-state index contributed by atoms with van der Waals surface area (Å²) >= 11 is 0. The van der Waals surface area contributed by atoms with Crippen LogP contribution in [0.2, 0.25) is 0 Å². The number of carbonyl (C=O) groups excluding carboxylic acids is 1. The van der Waals surface area contributed by atoms with Crippen molar-refractivity contribution in [2.45, 2.75) is 32.7 Å². The highest BCUT2D eigenvalue weighted by Gasteiger charge is 2.16. The van der Waals surface area contributed by atoms with Crippen LogP contribution in [-0.4, -0.2) is 30.0 Å². The minimum atomic E-state index is -0.0244. The summed E-state index contributed by atoms with van der Waals surface area (Å²) in [6, 6.07) is 4.14. The Morgan fingerprint density at radius 2 is 2.16 bits per heavy atom. The lowest BCUT2D eigenvalue weighted by atomic mass is 10.1. The molecule has 1 amide bonds. The van der Waals surface area contributed by atoms with Gasteiger partial charge in [0.25, 0.3) is 5.91 Å². The van der Waals surface area contributed by atoms with Crippen molar-refractivity contribution in [1.29, 1.82) is 0 Å². The van der Waals surface area contributed by atoms with Gasteiger partial charge in [-0.15, -0.1) is 24.8 Å². The zero-order valence-electron chi connectivity index (χ0n) is 11.2. The summed E-state index contributed by atoms with van der Waals surface area (Å²) in [6.07, 6.45) is 2.34. The fraction of sp³-hybridized carbons (Fsp3) is 0.538. The van der Waals surface area contributed by atoms with E-state index in [1.807, 2.05) is 26.0 Å². The van der Waals surface area contributed by atoms with Gasteiger partial charge in [-0.05, 0) is 45.4 Å². The third-order valence-corrected chi connectivity index (χ3v) is 3.14. The molecule has 1 atom stereocenters. The highest BCUT2D eigenvalue weighted by atomic mass is 35.5. The van der Waals surface area contributed by atoms with Crippen molar-refractivity contribution in [3.63, 3.8) is 0 Å². The van der Waals surface area contributed by atoms with Crippen LogP contribution >= 0.6 is 24.8 Å². The van der Waals surface area contributed by atoms with Gasteiger partial charge in [0.05, 0.1) is 11.3 Å². The molecular formula is C13H21Cl2N3O. The largest absolute Gasteiger partial charge is 0.350 e. The van der Waals surface area contributed by atoms with E-state index in [-0.39, 0.29) is 30.7 Å². The number of nitrogens with zero attached hydrogens (tertiary/aromatic N) is 1. The highest BCUT2D eigenvalue weighted by Crippen LogP contribution is 2.07. The van der Waals surface area contributed by atoms with Crippen molar-refractivity contribution in [2.75, 3.05) is 13.1 Å². The molecule has 0 radical (unpaired) electrons. The summed E-state index contributed by atoms with van der Waals surface area (Å²) in [7, 11) is 0. The van der Waals surface area contributed by atoms with E-state index in [4.69, 9.17) is 0 Å². The smallest absolute Gasteiger partial charge is 0.253 e. The maximum absolute atomic E-state index is 12.0. The monoisotopic (exact) mass is 305 g/mol. The zero-order valence-corrected chi connectivity index (χ0v) is 12.9. The van der Waals surface area contributed by atoms with Crippen LogP contribution in [0, 0.1) is 13.8 Å². The molecule has 0 spiro atoms. The molecule has 1 unspecified atom stereocenters. The van der Waals surface area contributed by atoms with Crippen molar-refractivity contribution in [1.82, 2.24) is 15.6 Å². The van der Waals surface area contributed by atoms with Gasteiger partial charge in [-0.3, -0.25) is 9.78 Å². The van der Waals surface area contributed by atoms with Crippen LogP contribution in [0.25, 0.3) is 0 Å². The summed E-state index contributed by atoms with van der Waals surface area (Å²) < 4.78 is 0. The van der Waals surface area contributed by atoms with Crippen LogP contribution < -0.4 is 10.6 Å². The Morgan fingerprint density at radius 3 is 2.74 bits per heavy atom. The standard InChI is InChI=1S/C13H19N3O.2ClH/c1-9-5-6-12(10(2)16-9)13(17)15-8-11-4-3-7-14-11;;/h5-6,11,14H,3-4,7-8H2,1-2H3,(H,15,17);2*1H. The molecular weight excluding hydrogens is 285 g/mol. The highest BCUT2D eigenvalue weighted by molar-refractivity contribution is 5.95. The number of aromatic nitrogens is 1. The van der Waals surface area contributed by atoms with Gasteiger partial charge in [0.15, 0.2) is 0 Å². The lowest BCUT2D eigenvalue weighted by molar-refractivity contribution is 0.0949. The molecule has 1 aromatic rings. The van der Waals surface area contributed by atoms with Gasteiger partial charge >= 0.3 is 0 Å². The van der Waals surface area contributed by atoms with E-state index < -0.39 is 0 Å². The van der Waals surface area contributed by atoms with Gasteiger partial charge in [0, 0.05) is 18.3 Å². The number of rotatable bonds is 3. The third kappa shape index (κ3) is 4.97. The third-order valence-electron chi connectivity index (χ3n) is 3.14.